The number of benzene rings is 2. The number of amides is 2. The van der Waals surface area contributed by atoms with Crippen molar-refractivity contribution in [3.63, 3.8) is 0 Å². The van der Waals surface area contributed by atoms with Crippen LogP contribution in [-0.4, -0.2) is 61.2 Å². The molecule has 1 fully saturated rings. The number of anilines is 1. The van der Waals surface area contributed by atoms with Gasteiger partial charge >= 0.3 is 0 Å². The summed E-state index contributed by atoms with van der Waals surface area (Å²) in [6, 6.07) is 17.3. The van der Waals surface area contributed by atoms with Crippen LogP contribution in [0, 0.1) is 5.82 Å². The predicted octanol–water partition coefficient (Wildman–Crippen LogP) is 3.49. The van der Waals surface area contributed by atoms with Gasteiger partial charge in [0.05, 0.1) is 23.5 Å². The molecule has 4 heterocycles. The summed E-state index contributed by atoms with van der Waals surface area (Å²) in [6.45, 7) is 0.665. The van der Waals surface area contributed by atoms with E-state index in [1.54, 1.807) is 30.7 Å². The van der Waals surface area contributed by atoms with Crippen LogP contribution < -0.4 is 10.2 Å². The molecule has 0 radical (unpaired) electrons. The van der Waals surface area contributed by atoms with Crippen molar-refractivity contribution in [2.24, 2.45) is 0 Å². The maximum absolute atomic E-state index is 14.1. The summed E-state index contributed by atoms with van der Waals surface area (Å²) in [5.74, 6) is -0.997. The van der Waals surface area contributed by atoms with Crippen LogP contribution in [0.4, 0.5) is 10.1 Å². The fourth-order valence-electron chi connectivity index (χ4n) is 4.93. The number of rotatable bonds is 9. The van der Waals surface area contributed by atoms with Crippen molar-refractivity contribution in [2.45, 2.75) is 31.5 Å². The van der Waals surface area contributed by atoms with Gasteiger partial charge in [0, 0.05) is 36.5 Å². The van der Waals surface area contributed by atoms with Crippen LogP contribution >= 0.6 is 0 Å². The van der Waals surface area contributed by atoms with Gasteiger partial charge in [-0.05, 0) is 72.1 Å². The number of nitrogens with zero attached hydrogens (tertiary/aromatic N) is 7. The van der Waals surface area contributed by atoms with Crippen LogP contribution in [0.2, 0.25) is 0 Å². The number of ether oxygens (including phenoxy) is 1. The lowest BCUT2D eigenvalue weighted by atomic mass is 10.0. The minimum atomic E-state index is -1.05. The Kier molecular flexibility index (Phi) is 7.86. The van der Waals surface area contributed by atoms with E-state index in [9.17, 15) is 14.0 Å². The Morgan fingerprint density at radius 1 is 1.10 bits per heavy atom. The Bertz CT molecular complexity index is 1690. The SMILES string of the molecule is O=C(NC[C@@H]1CCCO1)[C@H](c1ccncc1)N(C(=O)Cn1nnc(-c2ccc(F)cc2)n1)c1cnc2ccccc2c1. The molecule has 1 aliphatic rings. The third-order valence-electron chi connectivity index (χ3n) is 7.01. The number of aromatic nitrogens is 6. The van der Waals surface area contributed by atoms with E-state index in [0.717, 1.165) is 28.5 Å². The maximum atomic E-state index is 14.1. The Labute approximate surface area is 240 Å². The molecule has 3 aromatic heterocycles. The Morgan fingerprint density at radius 2 is 1.90 bits per heavy atom. The molecule has 2 amide bonds. The lowest BCUT2D eigenvalue weighted by molar-refractivity contribution is -0.127. The van der Waals surface area contributed by atoms with Crippen LogP contribution in [0.15, 0.2) is 85.3 Å². The third-order valence-corrected chi connectivity index (χ3v) is 7.01. The molecule has 212 valence electrons. The Hall–Kier alpha value is -5.10. The van der Waals surface area contributed by atoms with Gasteiger partial charge in [-0.2, -0.15) is 4.80 Å². The molecule has 12 heteroatoms. The summed E-state index contributed by atoms with van der Waals surface area (Å²) in [5.41, 5.74) is 2.29. The average Bonchev–Trinajstić information content (AvgIpc) is 3.72. The monoisotopic (exact) mass is 566 g/mol. The molecular weight excluding hydrogens is 539 g/mol. The molecule has 1 N–H and O–H groups in total. The van der Waals surface area contributed by atoms with Crippen molar-refractivity contribution in [3.8, 4) is 11.4 Å². The molecule has 5 aromatic rings. The van der Waals surface area contributed by atoms with Crippen LogP contribution in [-0.2, 0) is 20.9 Å². The second kappa shape index (κ2) is 12.2. The summed E-state index contributed by atoms with van der Waals surface area (Å²) in [5, 5.41) is 16.2. The number of carbonyl (C=O) groups is 2. The second-order valence-corrected chi connectivity index (χ2v) is 9.86. The van der Waals surface area contributed by atoms with Gasteiger partial charge in [-0.3, -0.25) is 24.5 Å². The number of para-hydroxylation sites is 1. The van der Waals surface area contributed by atoms with E-state index in [-0.39, 0.29) is 30.2 Å². The van der Waals surface area contributed by atoms with Crippen LogP contribution in [0.3, 0.4) is 0 Å². The molecule has 0 spiro atoms. The minimum Gasteiger partial charge on any atom is -0.376 e. The van der Waals surface area contributed by atoms with Crippen molar-refractivity contribution in [1.82, 2.24) is 35.5 Å². The third kappa shape index (κ3) is 5.98. The fourth-order valence-corrected chi connectivity index (χ4v) is 4.93. The number of hydrogen-bond acceptors (Lipinski definition) is 8. The molecule has 0 bridgehead atoms. The molecule has 1 saturated heterocycles. The van der Waals surface area contributed by atoms with Gasteiger partial charge in [-0.1, -0.05) is 18.2 Å². The van der Waals surface area contributed by atoms with Crippen molar-refractivity contribution in [1.29, 1.82) is 0 Å². The predicted molar refractivity (Wildman–Crippen MR) is 151 cm³/mol. The van der Waals surface area contributed by atoms with E-state index in [4.69, 9.17) is 4.74 Å². The number of carbonyl (C=O) groups excluding carboxylic acids is 2. The largest absolute Gasteiger partial charge is 0.376 e. The standard InChI is InChI=1S/C30H27FN8O3/c31-23-9-7-21(8-10-23)29-35-37-38(36-29)19-27(40)39(24-16-22-4-1-2-6-26(22)33-17-24)28(20-11-13-32-14-12-20)30(41)34-18-25-5-3-15-42-25/h1-2,4,6-14,16-17,25,28H,3,5,15,18-19H2,(H,34,41)/t25-,28-/m0/s1. The van der Waals surface area contributed by atoms with Crippen LogP contribution in [0.1, 0.15) is 24.4 Å². The molecule has 6 rings (SSSR count). The van der Waals surface area contributed by atoms with Gasteiger partial charge in [-0.25, -0.2) is 4.39 Å². The van der Waals surface area contributed by atoms with Gasteiger partial charge < -0.3 is 10.1 Å². The maximum Gasteiger partial charge on any atom is 0.251 e. The molecular formula is C30H27FN8O3. The van der Waals surface area contributed by atoms with Gasteiger partial charge in [0.25, 0.3) is 5.91 Å². The summed E-state index contributed by atoms with van der Waals surface area (Å²) in [6.07, 6.45) is 6.43. The number of pyridine rings is 2. The number of hydrogen-bond donors (Lipinski definition) is 1. The molecule has 2 aromatic carbocycles. The first-order valence-corrected chi connectivity index (χ1v) is 13.5. The van der Waals surface area contributed by atoms with Gasteiger partial charge in [0.1, 0.15) is 18.4 Å². The fraction of sp³-hybridized carbons (Fsp3) is 0.233. The molecule has 2 atom stereocenters. The van der Waals surface area contributed by atoms with Crippen molar-refractivity contribution in [3.05, 3.63) is 96.7 Å². The number of nitrogens with one attached hydrogen (secondary N) is 1. The smallest absolute Gasteiger partial charge is 0.251 e. The van der Waals surface area contributed by atoms with E-state index < -0.39 is 11.9 Å². The average molecular weight is 567 g/mol. The quantitative estimate of drug-likeness (QED) is 0.287. The zero-order valence-electron chi connectivity index (χ0n) is 22.5. The summed E-state index contributed by atoms with van der Waals surface area (Å²) < 4.78 is 19.1. The zero-order chi connectivity index (χ0) is 28.9. The molecule has 0 unspecified atom stereocenters. The summed E-state index contributed by atoms with van der Waals surface area (Å²) in [4.78, 5) is 39.2. The Morgan fingerprint density at radius 3 is 2.69 bits per heavy atom. The first-order valence-electron chi connectivity index (χ1n) is 13.5. The second-order valence-electron chi connectivity index (χ2n) is 9.86. The van der Waals surface area contributed by atoms with Crippen LogP contribution in [0.25, 0.3) is 22.3 Å². The van der Waals surface area contributed by atoms with E-state index in [1.165, 1.54) is 29.2 Å². The zero-order valence-corrected chi connectivity index (χ0v) is 22.5. The van der Waals surface area contributed by atoms with Gasteiger partial charge in [0.15, 0.2) is 0 Å². The molecule has 42 heavy (non-hydrogen) atoms. The van der Waals surface area contributed by atoms with Gasteiger partial charge in [-0.15, -0.1) is 10.2 Å². The first kappa shape index (κ1) is 27.1. The topological polar surface area (TPSA) is 128 Å². The van der Waals surface area contributed by atoms with E-state index >= 15 is 0 Å². The van der Waals surface area contributed by atoms with Crippen LogP contribution in [0.5, 0.6) is 0 Å². The molecule has 11 nitrogen and oxygen atoms in total. The number of fused-ring (bicyclic) bond motifs is 1. The first-order chi connectivity index (χ1) is 20.5. The Balaban J connectivity index is 1.36. The highest BCUT2D eigenvalue weighted by Crippen LogP contribution is 2.30. The van der Waals surface area contributed by atoms with E-state index in [1.807, 2.05) is 30.3 Å². The van der Waals surface area contributed by atoms with E-state index in [0.29, 0.717) is 30.0 Å². The van der Waals surface area contributed by atoms with E-state index in [2.05, 4.69) is 30.7 Å². The number of tetrazole rings is 1. The summed E-state index contributed by atoms with van der Waals surface area (Å²) in [7, 11) is 0. The minimum absolute atomic E-state index is 0.0808. The summed E-state index contributed by atoms with van der Waals surface area (Å²) >= 11 is 0. The lowest BCUT2D eigenvalue weighted by Crippen LogP contribution is -2.46. The highest BCUT2D eigenvalue weighted by molar-refractivity contribution is 6.02. The highest BCUT2D eigenvalue weighted by Gasteiger charge is 2.34. The highest BCUT2D eigenvalue weighted by atomic mass is 19.1. The number of halogens is 1. The normalized spacial score (nSPS) is 15.4. The molecule has 0 aliphatic carbocycles. The molecule has 0 saturated carbocycles. The van der Waals surface area contributed by atoms with Crippen molar-refractivity contribution >= 4 is 28.4 Å². The van der Waals surface area contributed by atoms with Crippen molar-refractivity contribution < 1.29 is 18.7 Å². The van der Waals surface area contributed by atoms with Crippen molar-refractivity contribution in [2.75, 3.05) is 18.1 Å². The molecule has 1 aliphatic heterocycles. The van der Waals surface area contributed by atoms with Gasteiger partial charge in [0.2, 0.25) is 11.7 Å². The lowest BCUT2D eigenvalue weighted by Gasteiger charge is -2.31.